The van der Waals surface area contributed by atoms with Crippen LogP contribution in [-0.4, -0.2) is 77.6 Å². The van der Waals surface area contributed by atoms with Gasteiger partial charge in [0.25, 0.3) is 11.8 Å². The van der Waals surface area contributed by atoms with Crippen molar-refractivity contribution >= 4 is 40.3 Å². The zero-order valence-electron chi connectivity index (χ0n) is 22.6. The van der Waals surface area contributed by atoms with E-state index in [1.54, 1.807) is 18.1 Å². The van der Waals surface area contributed by atoms with Crippen LogP contribution in [0.15, 0.2) is 24.3 Å². The van der Waals surface area contributed by atoms with E-state index in [2.05, 4.69) is 20.9 Å². The smallest absolute Gasteiger partial charge is 0.289 e. The highest BCUT2D eigenvalue weighted by molar-refractivity contribution is 6.38. The fourth-order valence-electron chi connectivity index (χ4n) is 6.05. The minimum Gasteiger partial charge on any atom is -0.497 e. The van der Waals surface area contributed by atoms with Crippen LogP contribution in [0.3, 0.4) is 0 Å². The lowest BCUT2D eigenvalue weighted by Crippen LogP contribution is -2.58. The number of carbonyl (C=O) groups excluding carboxylic acids is 5. The summed E-state index contributed by atoms with van der Waals surface area (Å²) in [6, 6.07) is 5.29. The Hall–Kier alpha value is -3.89. The van der Waals surface area contributed by atoms with Crippen LogP contribution in [0.5, 0.6) is 5.75 Å². The van der Waals surface area contributed by atoms with E-state index < -0.39 is 35.6 Å². The van der Waals surface area contributed by atoms with Gasteiger partial charge in [-0.15, -0.1) is 0 Å². The summed E-state index contributed by atoms with van der Waals surface area (Å²) >= 11 is 0. The summed E-state index contributed by atoms with van der Waals surface area (Å²) in [4.78, 5) is 70.4. The monoisotopic (exact) mass is 549 g/mol. The number of hydrogen-bond acceptors (Lipinski definition) is 6. The van der Waals surface area contributed by atoms with Crippen LogP contribution in [0.4, 0.5) is 0 Å². The molecule has 3 atom stereocenters. The molecular weight excluding hydrogens is 514 g/mol. The van der Waals surface area contributed by atoms with Crippen molar-refractivity contribution < 1.29 is 28.7 Å². The zero-order chi connectivity index (χ0) is 28.0. The summed E-state index contributed by atoms with van der Waals surface area (Å²) in [6.07, 6.45) is 5.53. The molecule has 1 spiro atoms. The average molecular weight is 550 g/mol. The molecule has 0 radical (unpaired) electrons. The number of likely N-dealkylation sites (tertiary alicyclic amines) is 1. The lowest BCUT2D eigenvalue weighted by Gasteiger charge is -2.39. The molecule has 4 amide bonds. The van der Waals surface area contributed by atoms with Crippen LogP contribution in [0.2, 0.25) is 0 Å². The molecular formula is C29H35N5O6. The number of aromatic nitrogens is 1. The highest BCUT2D eigenvalue weighted by Gasteiger charge is 2.51. The Morgan fingerprint density at radius 1 is 1.12 bits per heavy atom. The molecule has 2 aliphatic heterocycles. The van der Waals surface area contributed by atoms with Gasteiger partial charge in [0.1, 0.15) is 17.5 Å². The normalized spacial score (nSPS) is 23.9. The van der Waals surface area contributed by atoms with Crippen molar-refractivity contribution in [2.24, 2.45) is 11.3 Å². The molecule has 4 aliphatic rings. The molecule has 3 heterocycles. The standard InChI is InChI=1S/C29H35N5O6/c1-40-19-4-5-20-17(12-19)14-22(32-20)28(39)34-11-9-29(7-8-29)15-23(34)26(37)33-21(13-16-6-10-30-25(16)36)24(35)27(38)31-18-2-3-18/h4-5,12,14,16,18,21,23,32H,2-3,6-11,13,15H2,1H3,(H,30,36)(H,31,38)(H,33,37)/t16-,21-,23-/m0/s1. The molecule has 212 valence electrons. The van der Waals surface area contributed by atoms with Gasteiger partial charge in [0.15, 0.2) is 0 Å². The van der Waals surface area contributed by atoms with Gasteiger partial charge in [0.2, 0.25) is 17.6 Å². The second kappa shape index (κ2) is 10.3. The van der Waals surface area contributed by atoms with Gasteiger partial charge in [-0.25, -0.2) is 0 Å². The average Bonchev–Trinajstić information content (AvgIpc) is 3.84. The van der Waals surface area contributed by atoms with Gasteiger partial charge in [0.05, 0.1) is 13.2 Å². The number of nitrogens with zero attached hydrogens (tertiary/aromatic N) is 1. The second-order valence-corrected chi connectivity index (χ2v) is 11.8. The molecule has 2 saturated carbocycles. The van der Waals surface area contributed by atoms with Gasteiger partial charge in [0, 0.05) is 36.0 Å². The maximum atomic E-state index is 13.8. The lowest BCUT2D eigenvalue weighted by molar-refractivity contribution is -0.141. The molecule has 40 heavy (non-hydrogen) atoms. The minimum absolute atomic E-state index is 0.0139. The van der Waals surface area contributed by atoms with E-state index in [4.69, 9.17) is 4.74 Å². The van der Waals surface area contributed by atoms with E-state index in [1.165, 1.54) is 0 Å². The number of H-pyrrole nitrogens is 1. The molecule has 11 nitrogen and oxygen atoms in total. The summed E-state index contributed by atoms with van der Waals surface area (Å²) in [5.41, 5.74) is 1.18. The first-order valence-corrected chi connectivity index (χ1v) is 14.2. The van der Waals surface area contributed by atoms with Gasteiger partial charge in [-0.05, 0) is 81.0 Å². The van der Waals surface area contributed by atoms with Crippen LogP contribution < -0.4 is 20.7 Å². The Morgan fingerprint density at radius 3 is 2.60 bits per heavy atom. The number of aromatic amines is 1. The number of Topliss-reactive ketones (excluding diaryl/α,β-unsaturated/α-hetero) is 1. The Labute approximate surface area is 231 Å². The molecule has 4 fully saturated rings. The Morgan fingerprint density at radius 2 is 1.93 bits per heavy atom. The second-order valence-electron chi connectivity index (χ2n) is 11.8. The van der Waals surface area contributed by atoms with E-state index in [0.717, 1.165) is 43.0 Å². The van der Waals surface area contributed by atoms with Crippen molar-refractivity contribution in [3.05, 3.63) is 30.0 Å². The summed E-state index contributed by atoms with van der Waals surface area (Å²) in [7, 11) is 1.58. The molecule has 11 heteroatoms. The molecule has 0 bridgehead atoms. The predicted octanol–water partition coefficient (Wildman–Crippen LogP) is 1.42. The van der Waals surface area contributed by atoms with Crippen LogP contribution in [0, 0.1) is 11.3 Å². The zero-order valence-corrected chi connectivity index (χ0v) is 22.6. The van der Waals surface area contributed by atoms with Gasteiger partial charge in [-0.2, -0.15) is 0 Å². The number of methoxy groups -OCH3 is 1. The number of amides is 4. The summed E-state index contributed by atoms with van der Waals surface area (Å²) < 4.78 is 5.30. The number of carbonyl (C=O) groups is 5. The van der Waals surface area contributed by atoms with Crippen molar-refractivity contribution in [3.8, 4) is 5.75 Å². The highest BCUT2D eigenvalue weighted by atomic mass is 16.5. The summed E-state index contributed by atoms with van der Waals surface area (Å²) in [5, 5.41) is 9.07. The first kappa shape index (κ1) is 26.3. The quantitative estimate of drug-likeness (QED) is 0.348. The molecule has 4 N–H and O–H groups in total. The van der Waals surface area contributed by atoms with E-state index in [0.29, 0.717) is 37.4 Å². The third kappa shape index (κ3) is 5.29. The molecule has 2 saturated heterocycles. The highest BCUT2D eigenvalue weighted by Crippen LogP contribution is 2.55. The number of ether oxygens (including phenoxy) is 1. The van der Waals surface area contributed by atoms with Gasteiger partial charge >= 0.3 is 0 Å². The SMILES string of the molecule is COc1ccc2[nH]c(C(=O)N3CCC4(CC4)C[C@H]3C(=O)N[C@@H](C[C@@H]3CCNC3=O)C(=O)C(=O)NC3CC3)cc2c1. The topological polar surface area (TPSA) is 150 Å². The van der Waals surface area contributed by atoms with Crippen molar-refractivity contribution in [2.45, 2.75) is 69.5 Å². The number of benzene rings is 1. The Kier molecular flexibility index (Phi) is 6.75. The van der Waals surface area contributed by atoms with Crippen molar-refractivity contribution in [2.75, 3.05) is 20.2 Å². The van der Waals surface area contributed by atoms with Crippen LogP contribution in [0.25, 0.3) is 10.9 Å². The third-order valence-electron chi connectivity index (χ3n) is 8.92. The van der Waals surface area contributed by atoms with Crippen molar-refractivity contribution in [1.29, 1.82) is 0 Å². The maximum absolute atomic E-state index is 13.8. The maximum Gasteiger partial charge on any atom is 0.289 e. The number of fused-ring (bicyclic) bond motifs is 1. The molecule has 0 unspecified atom stereocenters. The number of piperidine rings is 1. The summed E-state index contributed by atoms with van der Waals surface area (Å²) in [5.74, 6) is -2.23. The van der Waals surface area contributed by atoms with Gasteiger partial charge in [-0.3, -0.25) is 24.0 Å². The Balaban J connectivity index is 1.23. The summed E-state index contributed by atoms with van der Waals surface area (Å²) in [6.45, 7) is 0.915. The van der Waals surface area contributed by atoms with Crippen molar-refractivity contribution in [3.63, 3.8) is 0 Å². The lowest BCUT2D eigenvalue weighted by atomic mass is 9.86. The number of nitrogens with one attached hydrogen (secondary N) is 4. The molecule has 2 aliphatic carbocycles. The van der Waals surface area contributed by atoms with E-state index >= 15 is 0 Å². The molecule has 1 aromatic heterocycles. The third-order valence-corrected chi connectivity index (χ3v) is 8.92. The molecule has 1 aromatic carbocycles. The number of rotatable bonds is 9. The van der Waals surface area contributed by atoms with Crippen LogP contribution >= 0.6 is 0 Å². The fraction of sp³-hybridized carbons (Fsp3) is 0.552. The predicted molar refractivity (Wildman–Crippen MR) is 144 cm³/mol. The van der Waals surface area contributed by atoms with Crippen molar-refractivity contribution in [1.82, 2.24) is 25.8 Å². The minimum atomic E-state index is -1.14. The Bertz CT molecular complexity index is 1380. The van der Waals surface area contributed by atoms with E-state index in [1.807, 2.05) is 18.2 Å². The van der Waals surface area contributed by atoms with Gasteiger partial charge < -0.3 is 30.6 Å². The molecule has 6 rings (SSSR count). The fourth-order valence-corrected chi connectivity index (χ4v) is 6.05. The van der Waals surface area contributed by atoms with Gasteiger partial charge in [-0.1, -0.05) is 0 Å². The van der Waals surface area contributed by atoms with Crippen LogP contribution in [0.1, 0.15) is 61.9 Å². The largest absolute Gasteiger partial charge is 0.497 e. The first-order chi connectivity index (χ1) is 19.2. The number of ketones is 1. The van der Waals surface area contributed by atoms with Crippen LogP contribution in [-0.2, 0) is 19.2 Å². The first-order valence-electron chi connectivity index (χ1n) is 14.2. The van der Waals surface area contributed by atoms with E-state index in [9.17, 15) is 24.0 Å². The number of hydrogen-bond donors (Lipinski definition) is 4. The molecule has 2 aromatic rings. The van der Waals surface area contributed by atoms with E-state index in [-0.39, 0.29) is 29.7 Å².